The summed E-state index contributed by atoms with van der Waals surface area (Å²) in [5.74, 6) is 0.796. The third-order valence-electron chi connectivity index (χ3n) is 3.66. The third-order valence-corrected chi connectivity index (χ3v) is 3.66. The predicted molar refractivity (Wildman–Crippen MR) is 80.3 cm³/mol. The zero-order valence-corrected chi connectivity index (χ0v) is 13.1. The Bertz CT molecular complexity index is 256. The maximum absolute atomic E-state index is 2.43. The highest BCUT2D eigenvalue weighted by atomic mass is 14.2. The lowest BCUT2D eigenvalue weighted by molar-refractivity contribution is 0.248. The summed E-state index contributed by atoms with van der Waals surface area (Å²) >= 11 is 0. The minimum absolute atomic E-state index is 0.448. The fraction of sp³-hybridized carbons (Fsp3) is 0.765. The zero-order chi connectivity index (χ0) is 13.5. The number of hydrogen-bond acceptors (Lipinski definition) is 0. The standard InChI is InChI=1S/C17H32/c1-14(2)10-8-11-15(3)12-9-13-16(4)17(5,6)7/h10,12,16H,8-9,11,13H2,1-7H3/b15-12+. The first-order valence-electron chi connectivity index (χ1n) is 7.02. The van der Waals surface area contributed by atoms with Crippen LogP contribution in [0.4, 0.5) is 0 Å². The molecular formula is C17H32. The Morgan fingerprint density at radius 1 is 1.00 bits per heavy atom. The Labute approximate surface area is 109 Å². The first-order chi connectivity index (χ1) is 7.73. The quantitative estimate of drug-likeness (QED) is 0.486. The molecule has 17 heavy (non-hydrogen) atoms. The van der Waals surface area contributed by atoms with Gasteiger partial charge in [-0.15, -0.1) is 0 Å². The lowest BCUT2D eigenvalue weighted by Crippen LogP contribution is -2.16. The summed E-state index contributed by atoms with van der Waals surface area (Å²) in [4.78, 5) is 0. The van der Waals surface area contributed by atoms with E-state index < -0.39 is 0 Å². The highest BCUT2D eigenvalue weighted by molar-refractivity contribution is 5.02. The van der Waals surface area contributed by atoms with Crippen molar-refractivity contribution in [2.24, 2.45) is 11.3 Å². The summed E-state index contributed by atoms with van der Waals surface area (Å²) in [5, 5.41) is 0. The molecule has 1 atom stereocenters. The van der Waals surface area contributed by atoms with Crippen LogP contribution in [0.5, 0.6) is 0 Å². The van der Waals surface area contributed by atoms with Crippen molar-refractivity contribution in [1.82, 2.24) is 0 Å². The van der Waals surface area contributed by atoms with Crippen LogP contribution in [0.1, 0.15) is 74.1 Å². The summed E-state index contributed by atoms with van der Waals surface area (Å²) in [6.45, 7) is 16.0. The summed E-state index contributed by atoms with van der Waals surface area (Å²) in [6.07, 6.45) is 9.72. The van der Waals surface area contributed by atoms with Gasteiger partial charge in [0.15, 0.2) is 0 Å². The molecule has 0 aromatic carbocycles. The highest BCUT2D eigenvalue weighted by Crippen LogP contribution is 2.29. The minimum atomic E-state index is 0.448. The zero-order valence-electron chi connectivity index (χ0n) is 13.1. The molecule has 0 aliphatic carbocycles. The molecule has 0 N–H and O–H groups in total. The molecule has 0 saturated heterocycles. The maximum atomic E-state index is 2.43. The van der Waals surface area contributed by atoms with E-state index in [-0.39, 0.29) is 0 Å². The Hall–Kier alpha value is -0.520. The van der Waals surface area contributed by atoms with Gasteiger partial charge in [0.05, 0.1) is 0 Å². The summed E-state index contributed by atoms with van der Waals surface area (Å²) in [6, 6.07) is 0. The van der Waals surface area contributed by atoms with Crippen molar-refractivity contribution in [3.05, 3.63) is 23.3 Å². The Kier molecular flexibility index (Phi) is 7.50. The van der Waals surface area contributed by atoms with Gasteiger partial charge in [-0.1, -0.05) is 51.0 Å². The fourth-order valence-electron chi connectivity index (χ4n) is 1.70. The fourth-order valence-corrected chi connectivity index (χ4v) is 1.70. The van der Waals surface area contributed by atoms with Crippen molar-refractivity contribution in [3.8, 4) is 0 Å². The van der Waals surface area contributed by atoms with E-state index >= 15 is 0 Å². The number of hydrogen-bond donors (Lipinski definition) is 0. The highest BCUT2D eigenvalue weighted by Gasteiger charge is 2.18. The summed E-state index contributed by atoms with van der Waals surface area (Å²) in [5.41, 5.74) is 3.42. The van der Waals surface area contributed by atoms with Gasteiger partial charge in [0.2, 0.25) is 0 Å². The van der Waals surface area contributed by atoms with E-state index in [2.05, 4.69) is 60.6 Å². The van der Waals surface area contributed by atoms with Gasteiger partial charge < -0.3 is 0 Å². The molecule has 0 nitrogen and oxygen atoms in total. The van der Waals surface area contributed by atoms with Crippen molar-refractivity contribution in [3.63, 3.8) is 0 Å². The molecule has 0 heterocycles. The molecule has 0 aliphatic heterocycles. The van der Waals surface area contributed by atoms with E-state index in [1.807, 2.05) is 0 Å². The molecule has 0 heteroatoms. The topological polar surface area (TPSA) is 0 Å². The predicted octanol–water partition coefficient (Wildman–Crippen LogP) is 6.14. The minimum Gasteiger partial charge on any atom is -0.0856 e. The van der Waals surface area contributed by atoms with Crippen molar-refractivity contribution < 1.29 is 0 Å². The van der Waals surface area contributed by atoms with Gasteiger partial charge in [-0.25, -0.2) is 0 Å². The van der Waals surface area contributed by atoms with E-state index in [0.717, 1.165) is 5.92 Å². The van der Waals surface area contributed by atoms with Gasteiger partial charge in [-0.2, -0.15) is 0 Å². The molecule has 0 amide bonds. The van der Waals surface area contributed by atoms with Crippen LogP contribution in [0.15, 0.2) is 23.3 Å². The molecule has 0 aromatic heterocycles. The van der Waals surface area contributed by atoms with Crippen LogP contribution in [0, 0.1) is 11.3 Å². The van der Waals surface area contributed by atoms with E-state index in [0.29, 0.717) is 5.41 Å². The summed E-state index contributed by atoms with van der Waals surface area (Å²) in [7, 11) is 0. The molecule has 0 aromatic rings. The van der Waals surface area contributed by atoms with E-state index in [9.17, 15) is 0 Å². The van der Waals surface area contributed by atoms with Crippen LogP contribution >= 0.6 is 0 Å². The van der Waals surface area contributed by atoms with Crippen molar-refractivity contribution in [1.29, 1.82) is 0 Å². The van der Waals surface area contributed by atoms with Crippen molar-refractivity contribution in [2.45, 2.75) is 74.1 Å². The molecule has 0 spiro atoms. The number of rotatable bonds is 6. The molecule has 0 bridgehead atoms. The van der Waals surface area contributed by atoms with Crippen LogP contribution in [0.2, 0.25) is 0 Å². The van der Waals surface area contributed by atoms with Gasteiger partial charge in [0.25, 0.3) is 0 Å². The molecule has 0 fully saturated rings. The van der Waals surface area contributed by atoms with E-state index in [1.165, 1.54) is 31.3 Å². The van der Waals surface area contributed by atoms with Crippen molar-refractivity contribution >= 4 is 0 Å². The largest absolute Gasteiger partial charge is 0.0856 e. The molecule has 0 aliphatic rings. The van der Waals surface area contributed by atoms with Crippen LogP contribution in [-0.2, 0) is 0 Å². The normalized spacial score (nSPS) is 14.6. The average Bonchev–Trinajstić information content (AvgIpc) is 2.15. The smallest absolute Gasteiger partial charge is 0.0288 e. The maximum Gasteiger partial charge on any atom is -0.0288 e. The molecule has 0 rings (SSSR count). The Morgan fingerprint density at radius 3 is 2.06 bits per heavy atom. The van der Waals surface area contributed by atoms with Crippen LogP contribution in [0.3, 0.4) is 0 Å². The molecule has 0 radical (unpaired) electrons. The second-order valence-corrected chi connectivity index (χ2v) is 6.72. The van der Waals surface area contributed by atoms with Gasteiger partial charge >= 0.3 is 0 Å². The Balaban J connectivity index is 3.89. The first kappa shape index (κ1) is 16.5. The van der Waals surface area contributed by atoms with Gasteiger partial charge in [-0.3, -0.25) is 0 Å². The lowest BCUT2D eigenvalue weighted by atomic mass is 9.79. The van der Waals surface area contributed by atoms with Crippen LogP contribution < -0.4 is 0 Å². The van der Waals surface area contributed by atoms with E-state index in [4.69, 9.17) is 0 Å². The van der Waals surface area contributed by atoms with Crippen LogP contribution in [-0.4, -0.2) is 0 Å². The SMILES string of the molecule is CC(C)=CCC/C(C)=C/CCC(C)C(C)(C)C. The molecule has 100 valence electrons. The first-order valence-corrected chi connectivity index (χ1v) is 7.02. The average molecular weight is 236 g/mol. The van der Waals surface area contributed by atoms with E-state index in [1.54, 1.807) is 5.57 Å². The monoisotopic (exact) mass is 236 g/mol. The van der Waals surface area contributed by atoms with Gasteiger partial charge in [0.1, 0.15) is 0 Å². The second-order valence-electron chi connectivity index (χ2n) is 6.72. The third kappa shape index (κ3) is 9.21. The van der Waals surface area contributed by atoms with Crippen LogP contribution in [0.25, 0.3) is 0 Å². The van der Waals surface area contributed by atoms with Gasteiger partial charge in [-0.05, 0) is 57.8 Å². The molecular weight excluding hydrogens is 204 g/mol. The second kappa shape index (κ2) is 7.74. The molecule has 0 saturated carbocycles. The Morgan fingerprint density at radius 2 is 1.59 bits per heavy atom. The summed E-state index contributed by atoms with van der Waals surface area (Å²) < 4.78 is 0. The van der Waals surface area contributed by atoms with Gasteiger partial charge in [0, 0.05) is 0 Å². The lowest BCUT2D eigenvalue weighted by Gasteiger charge is -2.26. The van der Waals surface area contributed by atoms with Crippen molar-refractivity contribution in [2.75, 3.05) is 0 Å². The molecule has 1 unspecified atom stereocenters. The number of allylic oxidation sites excluding steroid dienone is 4.